The summed E-state index contributed by atoms with van der Waals surface area (Å²) >= 11 is 0. The second-order valence-electron chi connectivity index (χ2n) is 6.76. The molecule has 0 saturated heterocycles. The molecular formula is C22H20FN3O2. The average molecular weight is 377 g/mol. The van der Waals surface area contributed by atoms with Gasteiger partial charge in [-0.1, -0.05) is 18.2 Å². The van der Waals surface area contributed by atoms with Gasteiger partial charge in [0.1, 0.15) is 18.2 Å². The van der Waals surface area contributed by atoms with Crippen LogP contribution in [-0.2, 0) is 4.79 Å². The van der Waals surface area contributed by atoms with Crippen molar-refractivity contribution in [1.29, 1.82) is 0 Å². The highest BCUT2D eigenvalue weighted by atomic mass is 19.1. The Kier molecular flexibility index (Phi) is 4.69. The molecule has 1 atom stereocenters. The van der Waals surface area contributed by atoms with Gasteiger partial charge in [0.05, 0.1) is 23.5 Å². The first kappa shape index (κ1) is 18.0. The third-order valence-corrected chi connectivity index (χ3v) is 4.86. The van der Waals surface area contributed by atoms with E-state index in [-0.39, 0.29) is 24.4 Å². The largest absolute Gasteiger partial charge is 0.488 e. The Balaban J connectivity index is 1.51. The number of aromatic nitrogens is 2. The van der Waals surface area contributed by atoms with E-state index in [0.29, 0.717) is 5.57 Å². The minimum absolute atomic E-state index is 0.170. The molecule has 5 nitrogen and oxygen atoms in total. The standard InChI is InChI=1S/C22H20FN3O2/c1-14(20-12-24-26(15(20)2)19-9-7-18(23)8-10-19)25-22(27)17-11-16-5-3-4-6-21(16)28-13-17/h3-12,14H,13H2,1-2H3,(H,25,27). The van der Waals surface area contributed by atoms with Crippen LogP contribution in [0.1, 0.15) is 29.8 Å². The van der Waals surface area contributed by atoms with Crippen LogP contribution < -0.4 is 10.1 Å². The van der Waals surface area contributed by atoms with Crippen molar-refractivity contribution in [2.75, 3.05) is 6.61 Å². The van der Waals surface area contributed by atoms with E-state index in [9.17, 15) is 9.18 Å². The van der Waals surface area contributed by atoms with Crippen molar-refractivity contribution in [2.24, 2.45) is 0 Å². The number of para-hydroxylation sites is 1. The molecule has 2 aromatic carbocycles. The molecular weight excluding hydrogens is 357 g/mol. The number of hydrogen-bond acceptors (Lipinski definition) is 3. The van der Waals surface area contributed by atoms with Crippen molar-refractivity contribution in [1.82, 2.24) is 15.1 Å². The van der Waals surface area contributed by atoms with E-state index in [1.807, 2.05) is 44.2 Å². The molecule has 6 heteroatoms. The molecule has 4 rings (SSSR count). The number of carbonyl (C=O) groups is 1. The third-order valence-electron chi connectivity index (χ3n) is 4.86. The van der Waals surface area contributed by atoms with Gasteiger partial charge in [0.15, 0.2) is 0 Å². The van der Waals surface area contributed by atoms with Gasteiger partial charge in [-0.3, -0.25) is 4.79 Å². The summed E-state index contributed by atoms with van der Waals surface area (Å²) < 4.78 is 20.6. The molecule has 1 aliphatic rings. The molecule has 0 bridgehead atoms. The van der Waals surface area contributed by atoms with Crippen LogP contribution in [0.5, 0.6) is 5.75 Å². The molecule has 1 aromatic heterocycles. The average Bonchev–Trinajstić information content (AvgIpc) is 3.09. The number of halogens is 1. The lowest BCUT2D eigenvalue weighted by Crippen LogP contribution is -2.31. The fourth-order valence-electron chi connectivity index (χ4n) is 3.30. The SMILES string of the molecule is Cc1c(C(C)NC(=O)C2=Cc3ccccc3OC2)cnn1-c1ccc(F)cc1. The van der Waals surface area contributed by atoms with Gasteiger partial charge in [0, 0.05) is 16.8 Å². The van der Waals surface area contributed by atoms with Crippen LogP contribution in [0.15, 0.2) is 60.3 Å². The van der Waals surface area contributed by atoms with E-state index in [4.69, 9.17) is 4.74 Å². The number of amides is 1. The van der Waals surface area contributed by atoms with Gasteiger partial charge in [0.2, 0.25) is 0 Å². The minimum atomic E-state index is -0.293. The molecule has 28 heavy (non-hydrogen) atoms. The van der Waals surface area contributed by atoms with Gasteiger partial charge in [-0.05, 0) is 50.3 Å². The van der Waals surface area contributed by atoms with E-state index >= 15 is 0 Å². The summed E-state index contributed by atoms with van der Waals surface area (Å²) in [6.45, 7) is 4.08. The van der Waals surface area contributed by atoms with Crippen molar-refractivity contribution >= 4 is 12.0 Å². The van der Waals surface area contributed by atoms with Crippen molar-refractivity contribution in [3.8, 4) is 11.4 Å². The predicted octanol–water partition coefficient (Wildman–Crippen LogP) is 3.97. The molecule has 2 heterocycles. The van der Waals surface area contributed by atoms with Crippen molar-refractivity contribution < 1.29 is 13.9 Å². The van der Waals surface area contributed by atoms with Crippen LogP contribution in [0.3, 0.4) is 0 Å². The van der Waals surface area contributed by atoms with Crippen LogP contribution in [0, 0.1) is 12.7 Å². The highest BCUT2D eigenvalue weighted by molar-refractivity contribution is 5.99. The number of carbonyl (C=O) groups excluding carboxylic acids is 1. The number of rotatable bonds is 4. The van der Waals surface area contributed by atoms with Crippen LogP contribution >= 0.6 is 0 Å². The first-order chi connectivity index (χ1) is 13.5. The Morgan fingerprint density at radius 3 is 2.75 bits per heavy atom. The van der Waals surface area contributed by atoms with Gasteiger partial charge in [-0.15, -0.1) is 0 Å². The Morgan fingerprint density at radius 1 is 1.21 bits per heavy atom. The number of hydrogen-bond donors (Lipinski definition) is 1. The molecule has 0 fully saturated rings. The Hall–Kier alpha value is -3.41. The molecule has 1 amide bonds. The molecule has 1 N–H and O–H groups in total. The summed E-state index contributed by atoms with van der Waals surface area (Å²) in [4.78, 5) is 12.7. The van der Waals surface area contributed by atoms with Crippen LogP contribution in [0.2, 0.25) is 0 Å². The number of nitrogens with one attached hydrogen (secondary N) is 1. The van der Waals surface area contributed by atoms with Gasteiger partial charge in [-0.25, -0.2) is 9.07 Å². The van der Waals surface area contributed by atoms with Crippen LogP contribution in [-0.4, -0.2) is 22.3 Å². The van der Waals surface area contributed by atoms with Gasteiger partial charge >= 0.3 is 0 Å². The summed E-state index contributed by atoms with van der Waals surface area (Å²) in [5.41, 5.74) is 4.03. The van der Waals surface area contributed by atoms with E-state index in [1.165, 1.54) is 12.1 Å². The summed E-state index contributed by atoms with van der Waals surface area (Å²) in [6, 6.07) is 13.5. The van der Waals surface area contributed by atoms with Gasteiger partial charge in [0.25, 0.3) is 5.91 Å². The molecule has 0 saturated carbocycles. The predicted molar refractivity (Wildman–Crippen MR) is 105 cm³/mol. The van der Waals surface area contributed by atoms with Crippen molar-refractivity contribution in [3.05, 3.63) is 82.9 Å². The maximum atomic E-state index is 13.2. The number of benzene rings is 2. The third kappa shape index (κ3) is 3.41. The second kappa shape index (κ2) is 7.31. The number of ether oxygens (including phenoxy) is 1. The monoisotopic (exact) mass is 377 g/mol. The summed E-state index contributed by atoms with van der Waals surface area (Å²) in [5.74, 6) is 0.318. The minimum Gasteiger partial charge on any atom is -0.488 e. The smallest absolute Gasteiger partial charge is 0.251 e. The number of fused-ring (bicyclic) bond motifs is 1. The maximum absolute atomic E-state index is 13.2. The normalized spacial score (nSPS) is 13.9. The maximum Gasteiger partial charge on any atom is 0.251 e. The van der Waals surface area contributed by atoms with E-state index in [1.54, 1.807) is 23.0 Å². The van der Waals surface area contributed by atoms with Crippen LogP contribution in [0.25, 0.3) is 11.8 Å². The highest BCUT2D eigenvalue weighted by Gasteiger charge is 2.21. The zero-order valence-corrected chi connectivity index (χ0v) is 15.6. The zero-order chi connectivity index (χ0) is 19.7. The highest BCUT2D eigenvalue weighted by Crippen LogP contribution is 2.26. The fraction of sp³-hybridized carbons (Fsp3) is 0.182. The van der Waals surface area contributed by atoms with Crippen molar-refractivity contribution in [3.63, 3.8) is 0 Å². The molecule has 142 valence electrons. The molecule has 0 radical (unpaired) electrons. The lowest BCUT2D eigenvalue weighted by molar-refractivity contribution is -0.118. The topological polar surface area (TPSA) is 56.1 Å². The first-order valence-corrected chi connectivity index (χ1v) is 9.06. The Morgan fingerprint density at radius 2 is 1.96 bits per heavy atom. The molecule has 1 aliphatic heterocycles. The lowest BCUT2D eigenvalue weighted by atomic mass is 10.1. The van der Waals surface area contributed by atoms with E-state index in [0.717, 1.165) is 28.3 Å². The number of nitrogens with zero attached hydrogens (tertiary/aromatic N) is 2. The zero-order valence-electron chi connectivity index (χ0n) is 15.6. The Bertz CT molecular complexity index is 1050. The molecule has 0 aliphatic carbocycles. The Labute approximate surface area is 162 Å². The quantitative estimate of drug-likeness (QED) is 0.748. The second-order valence-corrected chi connectivity index (χ2v) is 6.76. The summed E-state index contributed by atoms with van der Waals surface area (Å²) in [7, 11) is 0. The van der Waals surface area contributed by atoms with Crippen LogP contribution in [0.4, 0.5) is 4.39 Å². The molecule has 3 aromatic rings. The first-order valence-electron chi connectivity index (χ1n) is 9.06. The summed E-state index contributed by atoms with van der Waals surface area (Å²) in [5, 5.41) is 7.40. The van der Waals surface area contributed by atoms with Crippen molar-refractivity contribution in [2.45, 2.75) is 19.9 Å². The van der Waals surface area contributed by atoms with Gasteiger partial charge < -0.3 is 10.1 Å². The van der Waals surface area contributed by atoms with E-state index in [2.05, 4.69) is 10.4 Å². The molecule has 0 spiro atoms. The van der Waals surface area contributed by atoms with Gasteiger partial charge in [-0.2, -0.15) is 5.10 Å². The molecule has 1 unspecified atom stereocenters. The fourth-order valence-corrected chi connectivity index (χ4v) is 3.30. The lowest BCUT2D eigenvalue weighted by Gasteiger charge is -2.20. The van der Waals surface area contributed by atoms with E-state index < -0.39 is 0 Å². The summed E-state index contributed by atoms with van der Waals surface area (Å²) in [6.07, 6.45) is 3.58.